The van der Waals surface area contributed by atoms with Gasteiger partial charge in [0.25, 0.3) is 0 Å². The molecule has 1 atom stereocenters. The van der Waals surface area contributed by atoms with Crippen LogP contribution in [0.4, 0.5) is 0 Å². The van der Waals surface area contributed by atoms with Gasteiger partial charge >= 0.3 is 0 Å². The number of piperidine rings is 1. The molecule has 2 N–H and O–H groups in total. The molecule has 4 aliphatic heterocycles. The summed E-state index contributed by atoms with van der Waals surface area (Å²) in [5.41, 5.74) is 0. The van der Waals surface area contributed by atoms with Crippen LogP contribution < -0.4 is 10.6 Å². The lowest BCUT2D eigenvalue weighted by atomic mass is 9.93. The number of fused-ring (bicyclic) bond motifs is 3. The zero-order valence-electron chi connectivity index (χ0n) is 15.1. The quantitative estimate of drug-likeness (QED) is 0.531. The summed E-state index contributed by atoms with van der Waals surface area (Å²) in [4.78, 5) is 23.5. The van der Waals surface area contributed by atoms with E-state index in [1.807, 2.05) is 7.05 Å². The number of piperazine rings is 3. The highest BCUT2D eigenvalue weighted by Gasteiger charge is 2.32. The average Bonchev–Trinajstić information content (AvgIpc) is 2.64. The number of hydrogen-bond acceptors (Lipinski definition) is 4. The summed E-state index contributed by atoms with van der Waals surface area (Å²) >= 11 is 0. The summed E-state index contributed by atoms with van der Waals surface area (Å²) in [6.07, 6.45) is 2.79. The molecule has 7 nitrogen and oxygen atoms in total. The number of likely N-dealkylation sites (tertiary alicyclic amines) is 1. The van der Waals surface area contributed by atoms with Crippen LogP contribution in [0.5, 0.6) is 0 Å². The van der Waals surface area contributed by atoms with Crippen LogP contribution in [0.15, 0.2) is 4.99 Å². The Balaban J connectivity index is 1.43. The van der Waals surface area contributed by atoms with Crippen molar-refractivity contribution < 1.29 is 4.79 Å². The molecule has 0 saturated carbocycles. The van der Waals surface area contributed by atoms with Crippen LogP contribution in [0, 0.1) is 5.92 Å². The first-order valence-corrected chi connectivity index (χ1v) is 9.32. The Morgan fingerprint density at radius 3 is 2.38 bits per heavy atom. The predicted molar refractivity (Wildman–Crippen MR) is 96.1 cm³/mol. The van der Waals surface area contributed by atoms with Crippen LogP contribution in [-0.4, -0.2) is 99.1 Å². The highest BCUT2D eigenvalue weighted by molar-refractivity contribution is 5.80. The molecule has 7 heteroatoms. The number of carbonyl (C=O) groups excluding carboxylic acids is 1. The van der Waals surface area contributed by atoms with Crippen molar-refractivity contribution in [3.05, 3.63) is 0 Å². The van der Waals surface area contributed by atoms with E-state index in [4.69, 9.17) is 0 Å². The maximum Gasteiger partial charge on any atom is 0.220 e. The van der Waals surface area contributed by atoms with Crippen molar-refractivity contribution in [2.24, 2.45) is 10.9 Å². The van der Waals surface area contributed by atoms with Gasteiger partial charge in [-0.15, -0.1) is 0 Å². The van der Waals surface area contributed by atoms with Crippen LogP contribution in [0.25, 0.3) is 0 Å². The third kappa shape index (κ3) is 4.19. The summed E-state index contributed by atoms with van der Waals surface area (Å²) in [7, 11) is 3.59. The van der Waals surface area contributed by atoms with E-state index in [1.165, 1.54) is 32.7 Å². The molecule has 4 saturated heterocycles. The van der Waals surface area contributed by atoms with Gasteiger partial charge in [0.2, 0.25) is 5.91 Å². The zero-order chi connectivity index (χ0) is 16.9. The van der Waals surface area contributed by atoms with Gasteiger partial charge in [-0.25, -0.2) is 0 Å². The maximum atomic E-state index is 11.5. The van der Waals surface area contributed by atoms with Crippen LogP contribution in [0.3, 0.4) is 0 Å². The molecule has 4 rings (SSSR count). The number of nitrogens with one attached hydrogen (secondary N) is 2. The Hall–Kier alpha value is -1.34. The molecule has 0 spiro atoms. The van der Waals surface area contributed by atoms with Crippen molar-refractivity contribution in [1.29, 1.82) is 0 Å². The molecule has 1 unspecified atom stereocenters. The van der Waals surface area contributed by atoms with E-state index in [9.17, 15) is 4.79 Å². The first-order valence-electron chi connectivity index (χ1n) is 9.32. The molecule has 4 fully saturated rings. The topological polar surface area (TPSA) is 63.2 Å². The number of aliphatic imine (C=N–C) groups is 1. The molecule has 0 radical (unpaired) electrons. The van der Waals surface area contributed by atoms with Crippen LogP contribution in [0.1, 0.15) is 19.3 Å². The van der Waals surface area contributed by atoms with Crippen molar-refractivity contribution in [2.75, 3.05) is 66.5 Å². The van der Waals surface area contributed by atoms with Crippen LogP contribution in [-0.2, 0) is 4.79 Å². The number of hydrogen-bond donors (Lipinski definition) is 2. The van der Waals surface area contributed by atoms with Crippen molar-refractivity contribution in [3.8, 4) is 0 Å². The molecule has 0 aliphatic carbocycles. The minimum absolute atomic E-state index is 0.160. The summed E-state index contributed by atoms with van der Waals surface area (Å²) < 4.78 is 0. The maximum absolute atomic E-state index is 11.5. The van der Waals surface area contributed by atoms with Gasteiger partial charge < -0.3 is 15.5 Å². The molecular weight excluding hydrogens is 304 g/mol. The minimum atomic E-state index is 0.160. The van der Waals surface area contributed by atoms with E-state index in [-0.39, 0.29) is 5.91 Å². The highest BCUT2D eigenvalue weighted by atomic mass is 16.1. The molecule has 4 heterocycles. The van der Waals surface area contributed by atoms with Crippen LogP contribution >= 0.6 is 0 Å². The standard InChI is InChI=1S/C17H32N6O/c1-18-16(24)11-14-3-5-23(6-4-14)17(19-2)20-12-15-13-21-7-9-22(15)10-8-21/h14-15H,3-13H2,1-2H3,(H,18,24)(H,19,20). The fourth-order valence-corrected chi connectivity index (χ4v) is 4.17. The number of carbonyl (C=O) groups is 1. The summed E-state index contributed by atoms with van der Waals surface area (Å²) in [5.74, 6) is 1.69. The van der Waals surface area contributed by atoms with Gasteiger partial charge in [-0.05, 0) is 18.8 Å². The van der Waals surface area contributed by atoms with Gasteiger partial charge in [0.05, 0.1) is 0 Å². The van der Waals surface area contributed by atoms with E-state index < -0.39 is 0 Å². The number of amides is 1. The van der Waals surface area contributed by atoms with Gasteiger partial charge in [0, 0.05) is 78.9 Å². The van der Waals surface area contributed by atoms with Gasteiger partial charge in [0.15, 0.2) is 5.96 Å². The Labute approximate surface area is 145 Å². The zero-order valence-corrected chi connectivity index (χ0v) is 15.1. The fraction of sp³-hybridized carbons (Fsp3) is 0.882. The third-order valence-corrected chi connectivity index (χ3v) is 5.77. The second-order valence-corrected chi connectivity index (χ2v) is 7.23. The lowest BCUT2D eigenvalue weighted by Crippen LogP contribution is -2.64. The van der Waals surface area contributed by atoms with Crippen molar-refractivity contribution in [3.63, 3.8) is 0 Å². The lowest BCUT2D eigenvalue weighted by Gasteiger charge is -2.47. The molecule has 4 aliphatic rings. The summed E-state index contributed by atoms with van der Waals surface area (Å²) in [6.45, 7) is 8.99. The van der Waals surface area contributed by atoms with E-state index in [1.54, 1.807) is 7.05 Å². The molecule has 1 amide bonds. The van der Waals surface area contributed by atoms with Gasteiger partial charge in [-0.1, -0.05) is 0 Å². The van der Waals surface area contributed by atoms with Crippen molar-refractivity contribution >= 4 is 11.9 Å². The first-order chi connectivity index (χ1) is 11.7. The highest BCUT2D eigenvalue weighted by Crippen LogP contribution is 2.20. The Morgan fingerprint density at radius 1 is 1.12 bits per heavy atom. The van der Waals surface area contributed by atoms with E-state index in [2.05, 4.69) is 30.3 Å². The molecule has 0 aromatic heterocycles. The third-order valence-electron chi connectivity index (χ3n) is 5.77. The number of rotatable bonds is 4. The monoisotopic (exact) mass is 336 g/mol. The Bertz CT molecular complexity index is 452. The van der Waals surface area contributed by atoms with E-state index in [0.717, 1.165) is 38.4 Å². The van der Waals surface area contributed by atoms with E-state index >= 15 is 0 Å². The Morgan fingerprint density at radius 2 is 1.83 bits per heavy atom. The number of nitrogens with zero attached hydrogens (tertiary/aromatic N) is 4. The van der Waals surface area contributed by atoms with E-state index in [0.29, 0.717) is 18.4 Å². The molecule has 24 heavy (non-hydrogen) atoms. The lowest BCUT2D eigenvalue weighted by molar-refractivity contribution is -0.121. The van der Waals surface area contributed by atoms with Crippen molar-refractivity contribution in [1.82, 2.24) is 25.3 Å². The van der Waals surface area contributed by atoms with Gasteiger partial charge in [-0.3, -0.25) is 19.6 Å². The average molecular weight is 336 g/mol. The SMILES string of the molecule is CN=C(NCC1CN2CCN1CC2)N1CCC(CC(=O)NC)CC1. The van der Waals surface area contributed by atoms with Gasteiger partial charge in [0.1, 0.15) is 0 Å². The molecule has 0 aromatic rings. The molecule has 136 valence electrons. The predicted octanol–water partition coefficient (Wildman–Crippen LogP) is -0.590. The fourth-order valence-electron chi connectivity index (χ4n) is 4.17. The smallest absolute Gasteiger partial charge is 0.220 e. The second-order valence-electron chi connectivity index (χ2n) is 7.23. The normalized spacial score (nSPS) is 31.2. The molecule has 0 aromatic carbocycles. The second kappa shape index (κ2) is 8.16. The molecule has 2 bridgehead atoms. The number of guanidine groups is 1. The minimum Gasteiger partial charge on any atom is -0.359 e. The summed E-state index contributed by atoms with van der Waals surface area (Å²) in [5, 5.41) is 6.32. The summed E-state index contributed by atoms with van der Waals surface area (Å²) in [6, 6.07) is 0.607. The largest absolute Gasteiger partial charge is 0.359 e. The van der Waals surface area contributed by atoms with Crippen LogP contribution in [0.2, 0.25) is 0 Å². The van der Waals surface area contributed by atoms with Gasteiger partial charge in [-0.2, -0.15) is 0 Å². The molecular formula is C17H32N6O. The van der Waals surface area contributed by atoms with Crippen molar-refractivity contribution in [2.45, 2.75) is 25.3 Å². The Kier molecular flexibility index (Phi) is 5.94. The first kappa shape index (κ1) is 17.5.